The average Bonchev–Trinajstić information content (AvgIpc) is 2.75. The number of nitrogens with two attached hydrogens (primary N) is 1. The molecule has 1 rings (SSSR count). The van der Waals surface area contributed by atoms with Crippen LogP contribution in [0, 0.1) is 0 Å². The first-order valence-electron chi connectivity index (χ1n) is 6.24. The number of rotatable bonds is 6. The zero-order valence-electron chi connectivity index (χ0n) is 11.2. The van der Waals surface area contributed by atoms with Crippen LogP contribution < -0.4 is 5.73 Å². The largest absolute Gasteiger partial charge is 0.322 e. The molecule has 4 heteroatoms. The van der Waals surface area contributed by atoms with Gasteiger partial charge in [-0.2, -0.15) is 0 Å². The van der Waals surface area contributed by atoms with Crippen LogP contribution in [0.15, 0.2) is 11.4 Å². The molecule has 0 aliphatic carbocycles. The summed E-state index contributed by atoms with van der Waals surface area (Å²) in [6.07, 6.45) is 1.02. The van der Waals surface area contributed by atoms with Crippen LogP contribution in [0.5, 0.6) is 0 Å². The van der Waals surface area contributed by atoms with Gasteiger partial charge in [-0.3, -0.25) is 4.90 Å². The molecule has 0 aliphatic rings. The topological polar surface area (TPSA) is 29.3 Å². The SMILES string of the molecule is CCN(CC)C(C)(CC)C(N)c1sccc1Cl. The van der Waals surface area contributed by atoms with E-state index in [9.17, 15) is 0 Å². The molecule has 0 saturated carbocycles. The van der Waals surface area contributed by atoms with Crippen LogP contribution >= 0.6 is 22.9 Å². The minimum atomic E-state index is -0.0298. The molecule has 2 atom stereocenters. The molecule has 17 heavy (non-hydrogen) atoms. The van der Waals surface area contributed by atoms with Gasteiger partial charge in [0.05, 0.1) is 11.1 Å². The van der Waals surface area contributed by atoms with E-state index in [0.29, 0.717) is 0 Å². The summed E-state index contributed by atoms with van der Waals surface area (Å²) in [5.74, 6) is 0. The number of hydrogen-bond donors (Lipinski definition) is 1. The molecule has 0 fully saturated rings. The van der Waals surface area contributed by atoms with Gasteiger partial charge >= 0.3 is 0 Å². The Morgan fingerprint density at radius 1 is 1.41 bits per heavy atom. The lowest BCUT2D eigenvalue weighted by molar-refractivity contribution is 0.0856. The smallest absolute Gasteiger partial charge is 0.0589 e. The highest BCUT2D eigenvalue weighted by Crippen LogP contribution is 2.38. The zero-order chi connectivity index (χ0) is 13.1. The van der Waals surface area contributed by atoms with Gasteiger partial charge < -0.3 is 5.73 Å². The van der Waals surface area contributed by atoms with Crippen molar-refractivity contribution in [3.8, 4) is 0 Å². The Bertz CT molecular complexity index is 349. The second kappa shape index (κ2) is 6.19. The van der Waals surface area contributed by atoms with Gasteiger partial charge in [0.25, 0.3) is 0 Å². The molecule has 2 N–H and O–H groups in total. The third-order valence-electron chi connectivity index (χ3n) is 3.80. The van der Waals surface area contributed by atoms with Crippen molar-refractivity contribution in [2.45, 2.75) is 45.7 Å². The molecule has 0 aliphatic heterocycles. The van der Waals surface area contributed by atoms with Crippen molar-refractivity contribution in [1.82, 2.24) is 4.90 Å². The lowest BCUT2D eigenvalue weighted by Gasteiger charge is -2.44. The Hall–Kier alpha value is -0.0900. The van der Waals surface area contributed by atoms with Crippen molar-refractivity contribution in [2.24, 2.45) is 5.73 Å². The molecular formula is C13H23ClN2S. The first-order valence-corrected chi connectivity index (χ1v) is 7.50. The van der Waals surface area contributed by atoms with Gasteiger partial charge in [0, 0.05) is 10.4 Å². The third kappa shape index (κ3) is 2.84. The maximum atomic E-state index is 6.47. The fourth-order valence-corrected chi connectivity index (χ4v) is 3.72. The maximum Gasteiger partial charge on any atom is 0.0589 e. The lowest BCUT2D eigenvalue weighted by atomic mass is 9.86. The van der Waals surface area contributed by atoms with Crippen molar-refractivity contribution in [3.05, 3.63) is 21.3 Å². The van der Waals surface area contributed by atoms with E-state index >= 15 is 0 Å². The van der Waals surface area contributed by atoms with Crippen LogP contribution in [0.25, 0.3) is 0 Å². The molecule has 0 saturated heterocycles. The van der Waals surface area contributed by atoms with E-state index < -0.39 is 0 Å². The molecule has 1 aromatic rings. The van der Waals surface area contributed by atoms with E-state index in [1.807, 2.05) is 11.4 Å². The summed E-state index contributed by atoms with van der Waals surface area (Å²) in [6, 6.07) is 1.90. The van der Waals surface area contributed by atoms with Crippen LogP contribution in [0.1, 0.15) is 45.0 Å². The van der Waals surface area contributed by atoms with Crippen molar-refractivity contribution in [3.63, 3.8) is 0 Å². The van der Waals surface area contributed by atoms with Crippen molar-refractivity contribution in [2.75, 3.05) is 13.1 Å². The Kier molecular flexibility index (Phi) is 5.45. The van der Waals surface area contributed by atoms with E-state index in [1.165, 1.54) is 0 Å². The fourth-order valence-electron chi connectivity index (χ4n) is 2.40. The van der Waals surface area contributed by atoms with Crippen LogP contribution in [0.3, 0.4) is 0 Å². The normalized spacial score (nSPS) is 17.1. The van der Waals surface area contributed by atoms with Crippen LogP contribution in [-0.2, 0) is 0 Å². The molecule has 0 spiro atoms. The first-order chi connectivity index (χ1) is 8.01. The van der Waals surface area contributed by atoms with Crippen molar-refractivity contribution >= 4 is 22.9 Å². The summed E-state index contributed by atoms with van der Waals surface area (Å²) in [5, 5.41) is 2.81. The second-order valence-electron chi connectivity index (χ2n) is 4.49. The number of halogens is 1. The van der Waals surface area contributed by atoms with Crippen LogP contribution in [0.2, 0.25) is 5.02 Å². The van der Waals surface area contributed by atoms with Crippen molar-refractivity contribution < 1.29 is 0 Å². The number of thiophene rings is 1. The van der Waals surface area contributed by atoms with Gasteiger partial charge in [-0.25, -0.2) is 0 Å². The van der Waals surface area contributed by atoms with Gasteiger partial charge in [-0.1, -0.05) is 32.4 Å². The summed E-state index contributed by atoms with van der Waals surface area (Å²) in [6.45, 7) is 10.8. The standard InChI is InChI=1S/C13H23ClN2S/c1-5-13(4,16(6-2)7-3)12(15)11-10(14)8-9-17-11/h8-9,12H,5-7,15H2,1-4H3. The summed E-state index contributed by atoms with van der Waals surface area (Å²) < 4.78 is 0. The monoisotopic (exact) mass is 274 g/mol. The molecule has 2 nitrogen and oxygen atoms in total. The van der Waals surface area contributed by atoms with Gasteiger partial charge in [-0.05, 0) is 37.9 Å². The van der Waals surface area contributed by atoms with E-state index in [0.717, 1.165) is 29.4 Å². The Morgan fingerprint density at radius 3 is 2.35 bits per heavy atom. The van der Waals surface area contributed by atoms with Gasteiger partial charge in [-0.15, -0.1) is 11.3 Å². The summed E-state index contributed by atoms with van der Waals surface area (Å²) >= 11 is 7.86. The molecule has 0 aromatic carbocycles. The third-order valence-corrected chi connectivity index (χ3v) is 5.24. The predicted octanol–water partition coefficient (Wildman–Crippen LogP) is 3.91. The Balaban J connectivity index is 3.04. The van der Waals surface area contributed by atoms with E-state index in [-0.39, 0.29) is 11.6 Å². The fraction of sp³-hybridized carbons (Fsp3) is 0.692. The lowest BCUT2D eigenvalue weighted by Crippen LogP contribution is -2.52. The molecular weight excluding hydrogens is 252 g/mol. The second-order valence-corrected chi connectivity index (χ2v) is 5.85. The molecule has 0 amide bonds. The van der Waals surface area contributed by atoms with E-state index in [1.54, 1.807) is 11.3 Å². The minimum absolute atomic E-state index is 0.0279. The predicted molar refractivity (Wildman–Crippen MR) is 77.9 cm³/mol. The first kappa shape index (κ1) is 15.0. The van der Waals surface area contributed by atoms with Crippen LogP contribution in [-0.4, -0.2) is 23.5 Å². The van der Waals surface area contributed by atoms with Gasteiger partial charge in [0.15, 0.2) is 0 Å². The van der Waals surface area contributed by atoms with Gasteiger partial charge in [0.2, 0.25) is 0 Å². The quantitative estimate of drug-likeness (QED) is 0.852. The van der Waals surface area contributed by atoms with Crippen molar-refractivity contribution in [1.29, 1.82) is 0 Å². The molecule has 98 valence electrons. The highest BCUT2D eigenvalue weighted by atomic mass is 35.5. The van der Waals surface area contributed by atoms with E-state index in [2.05, 4.69) is 32.6 Å². The number of likely N-dealkylation sites (N-methyl/N-ethyl adjacent to an activating group) is 1. The average molecular weight is 275 g/mol. The highest BCUT2D eigenvalue weighted by Gasteiger charge is 2.37. The highest BCUT2D eigenvalue weighted by molar-refractivity contribution is 7.10. The molecule has 1 aromatic heterocycles. The number of nitrogens with zero attached hydrogens (tertiary/aromatic N) is 1. The van der Waals surface area contributed by atoms with Gasteiger partial charge in [0.1, 0.15) is 0 Å². The molecule has 1 heterocycles. The minimum Gasteiger partial charge on any atom is -0.322 e. The Morgan fingerprint density at radius 2 is 2.00 bits per heavy atom. The molecule has 2 unspecified atom stereocenters. The zero-order valence-corrected chi connectivity index (χ0v) is 12.7. The summed E-state index contributed by atoms with van der Waals surface area (Å²) in [7, 11) is 0. The Labute approximate surface area is 114 Å². The van der Waals surface area contributed by atoms with Crippen LogP contribution in [0.4, 0.5) is 0 Å². The molecule has 0 bridgehead atoms. The molecule has 0 radical (unpaired) electrons. The summed E-state index contributed by atoms with van der Waals surface area (Å²) in [4.78, 5) is 3.52. The number of hydrogen-bond acceptors (Lipinski definition) is 3. The van der Waals surface area contributed by atoms with E-state index in [4.69, 9.17) is 17.3 Å². The summed E-state index contributed by atoms with van der Waals surface area (Å²) in [5.41, 5.74) is 6.44. The maximum absolute atomic E-state index is 6.47.